The van der Waals surface area contributed by atoms with Gasteiger partial charge in [0.05, 0.1) is 11.8 Å². The van der Waals surface area contributed by atoms with Crippen LogP contribution in [-0.2, 0) is 11.3 Å². The van der Waals surface area contributed by atoms with Crippen molar-refractivity contribution in [2.45, 2.75) is 32.4 Å². The largest absolute Gasteiger partial charge is 0.438 e. The Bertz CT molecular complexity index is 700. The van der Waals surface area contributed by atoms with Crippen LogP contribution < -0.4 is 4.74 Å². The molecule has 1 aromatic carbocycles. The first-order chi connectivity index (χ1) is 11.9. The van der Waals surface area contributed by atoms with E-state index >= 15 is 0 Å². The van der Waals surface area contributed by atoms with Crippen molar-refractivity contribution >= 4 is 5.91 Å². The molecule has 1 amide bonds. The van der Waals surface area contributed by atoms with E-state index in [0.29, 0.717) is 24.6 Å². The summed E-state index contributed by atoms with van der Waals surface area (Å²) in [7, 11) is 0. The second-order valence-corrected chi connectivity index (χ2v) is 6.04. The number of rotatable bonds is 8. The number of ether oxygens (including phenoxy) is 1. The molecular weight excluding hydrogens is 318 g/mol. The van der Waals surface area contributed by atoms with Gasteiger partial charge in [0.2, 0.25) is 11.8 Å². The van der Waals surface area contributed by atoms with Crippen molar-refractivity contribution in [1.82, 2.24) is 14.9 Å². The molecule has 0 spiro atoms. The van der Waals surface area contributed by atoms with Crippen molar-refractivity contribution in [3.63, 3.8) is 0 Å². The van der Waals surface area contributed by atoms with E-state index in [1.807, 2.05) is 19.1 Å². The second kappa shape index (κ2) is 8.39. The van der Waals surface area contributed by atoms with E-state index in [4.69, 9.17) is 4.74 Å². The van der Waals surface area contributed by atoms with E-state index in [1.54, 1.807) is 36.4 Å². The predicted molar refractivity (Wildman–Crippen MR) is 95.1 cm³/mol. The summed E-state index contributed by atoms with van der Waals surface area (Å²) >= 11 is 0. The molecule has 0 saturated heterocycles. The Balaban J connectivity index is 2.06. The summed E-state index contributed by atoms with van der Waals surface area (Å²) in [5.41, 5.74) is -0.0122. The van der Waals surface area contributed by atoms with Gasteiger partial charge in [0.25, 0.3) is 0 Å². The molecule has 0 radical (unpaired) electrons. The number of carbonyl (C=O) groups excluding carboxylic acids is 1. The number of carbonyl (C=O) groups is 1. The van der Waals surface area contributed by atoms with Crippen LogP contribution >= 0.6 is 0 Å². The van der Waals surface area contributed by atoms with E-state index in [-0.39, 0.29) is 12.5 Å². The summed E-state index contributed by atoms with van der Waals surface area (Å²) in [6, 6.07) is 7.35. The third kappa shape index (κ3) is 5.69. The van der Waals surface area contributed by atoms with Gasteiger partial charge in [-0.05, 0) is 37.1 Å². The SMILES string of the molecule is C=CC(=O)N(Cc1ccc(Oc2cnccn2)cc1)CC(C)(O)CC. The Kier molecular flexibility index (Phi) is 6.25. The standard InChI is InChI=1S/C19H23N3O3/c1-4-18(23)22(14-19(3,24)5-2)13-15-6-8-16(9-7-15)25-17-12-20-10-11-21-17/h4,6-12,24H,1,5,13-14H2,2-3H3. The second-order valence-electron chi connectivity index (χ2n) is 6.04. The molecule has 0 aliphatic rings. The maximum Gasteiger partial charge on any atom is 0.246 e. The zero-order valence-electron chi connectivity index (χ0n) is 14.6. The number of benzene rings is 1. The summed E-state index contributed by atoms with van der Waals surface area (Å²) in [5, 5.41) is 10.3. The number of hydrogen-bond acceptors (Lipinski definition) is 5. The Morgan fingerprint density at radius 1 is 1.36 bits per heavy atom. The van der Waals surface area contributed by atoms with Crippen LogP contribution in [0.5, 0.6) is 11.6 Å². The van der Waals surface area contributed by atoms with Crippen LogP contribution in [0.25, 0.3) is 0 Å². The quantitative estimate of drug-likeness (QED) is 0.747. The van der Waals surface area contributed by atoms with Gasteiger partial charge < -0.3 is 14.7 Å². The fraction of sp³-hybridized carbons (Fsp3) is 0.316. The molecule has 1 unspecified atom stereocenters. The summed E-state index contributed by atoms with van der Waals surface area (Å²) in [6.45, 7) is 7.76. The van der Waals surface area contributed by atoms with Crippen LogP contribution in [0.3, 0.4) is 0 Å². The molecule has 25 heavy (non-hydrogen) atoms. The van der Waals surface area contributed by atoms with Crippen LogP contribution in [0.1, 0.15) is 25.8 Å². The van der Waals surface area contributed by atoms with Crippen molar-refractivity contribution in [2.75, 3.05) is 6.54 Å². The summed E-state index contributed by atoms with van der Waals surface area (Å²) in [6.07, 6.45) is 6.48. The fourth-order valence-corrected chi connectivity index (χ4v) is 2.21. The molecule has 1 aromatic heterocycles. The molecule has 0 aliphatic carbocycles. The van der Waals surface area contributed by atoms with E-state index in [0.717, 1.165) is 5.56 Å². The zero-order valence-corrected chi connectivity index (χ0v) is 14.6. The van der Waals surface area contributed by atoms with Crippen LogP contribution in [0.4, 0.5) is 0 Å². The average Bonchev–Trinajstić information content (AvgIpc) is 2.63. The number of nitrogens with zero attached hydrogens (tertiary/aromatic N) is 3. The average molecular weight is 341 g/mol. The van der Waals surface area contributed by atoms with Crippen molar-refractivity contribution < 1.29 is 14.6 Å². The van der Waals surface area contributed by atoms with Gasteiger partial charge in [0.1, 0.15) is 5.75 Å². The monoisotopic (exact) mass is 341 g/mol. The number of amides is 1. The molecular formula is C19H23N3O3. The lowest BCUT2D eigenvalue weighted by atomic mass is 10.0. The predicted octanol–water partition coefficient (Wildman–Crippen LogP) is 2.94. The molecule has 1 heterocycles. The van der Waals surface area contributed by atoms with Crippen LogP contribution in [0.15, 0.2) is 55.5 Å². The van der Waals surface area contributed by atoms with Gasteiger partial charge in [-0.15, -0.1) is 0 Å². The highest BCUT2D eigenvalue weighted by molar-refractivity contribution is 5.87. The summed E-state index contributed by atoms with van der Waals surface area (Å²) in [5.74, 6) is 0.831. The van der Waals surface area contributed by atoms with Crippen molar-refractivity contribution in [3.05, 3.63) is 61.1 Å². The number of aliphatic hydroxyl groups is 1. The molecule has 1 N–H and O–H groups in total. The first kappa shape index (κ1) is 18.6. The minimum Gasteiger partial charge on any atom is -0.438 e. The minimum absolute atomic E-state index is 0.214. The van der Waals surface area contributed by atoms with Crippen LogP contribution in [0.2, 0.25) is 0 Å². The molecule has 0 aliphatic heterocycles. The Labute approximate surface area is 147 Å². The lowest BCUT2D eigenvalue weighted by Crippen LogP contribution is -2.42. The third-order valence-electron chi connectivity index (χ3n) is 3.84. The van der Waals surface area contributed by atoms with Gasteiger partial charge in [-0.1, -0.05) is 25.6 Å². The first-order valence-corrected chi connectivity index (χ1v) is 8.10. The molecule has 2 rings (SSSR count). The molecule has 0 saturated carbocycles. The maximum atomic E-state index is 12.1. The third-order valence-corrected chi connectivity index (χ3v) is 3.84. The number of hydrogen-bond donors (Lipinski definition) is 1. The molecule has 0 bridgehead atoms. The Hall–Kier alpha value is -2.73. The highest BCUT2D eigenvalue weighted by Crippen LogP contribution is 2.20. The van der Waals surface area contributed by atoms with Crippen molar-refractivity contribution in [3.8, 4) is 11.6 Å². The smallest absolute Gasteiger partial charge is 0.246 e. The first-order valence-electron chi connectivity index (χ1n) is 8.10. The topological polar surface area (TPSA) is 75.6 Å². The van der Waals surface area contributed by atoms with Gasteiger partial charge in [-0.2, -0.15) is 0 Å². The normalized spacial score (nSPS) is 12.9. The van der Waals surface area contributed by atoms with Gasteiger partial charge in [-0.3, -0.25) is 9.78 Å². The lowest BCUT2D eigenvalue weighted by Gasteiger charge is -2.30. The summed E-state index contributed by atoms with van der Waals surface area (Å²) < 4.78 is 5.59. The molecule has 6 nitrogen and oxygen atoms in total. The maximum absolute atomic E-state index is 12.1. The summed E-state index contributed by atoms with van der Waals surface area (Å²) in [4.78, 5) is 21.6. The Morgan fingerprint density at radius 3 is 2.64 bits per heavy atom. The van der Waals surface area contributed by atoms with Crippen LogP contribution in [0, 0.1) is 0 Å². The molecule has 1 atom stereocenters. The number of aromatic nitrogens is 2. The Morgan fingerprint density at radius 2 is 2.08 bits per heavy atom. The minimum atomic E-state index is -0.937. The van der Waals surface area contributed by atoms with Crippen molar-refractivity contribution in [1.29, 1.82) is 0 Å². The van der Waals surface area contributed by atoms with E-state index in [1.165, 1.54) is 12.3 Å². The van der Waals surface area contributed by atoms with Gasteiger partial charge in [-0.25, -0.2) is 4.98 Å². The molecule has 132 valence electrons. The lowest BCUT2D eigenvalue weighted by molar-refractivity contribution is -0.130. The van der Waals surface area contributed by atoms with Gasteiger partial charge >= 0.3 is 0 Å². The van der Waals surface area contributed by atoms with Gasteiger partial charge in [0.15, 0.2) is 0 Å². The molecule has 0 fully saturated rings. The zero-order chi connectivity index (χ0) is 18.3. The van der Waals surface area contributed by atoms with E-state index in [2.05, 4.69) is 16.5 Å². The van der Waals surface area contributed by atoms with Crippen LogP contribution in [-0.4, -0.2) is 38.0 Å². The van der Waals surface area contributed by atoms with Crippen molar-refractivity contribution in [2.24, 2.45) is 0 Å². The van der Waals surface area contributed by atoms with E-state index in [9.17, 15) is 9.90 Å². The highest BCUT2D eigenvalue weighted by Gasteiger charge is 2.24. The molecule has 2 aromatic rings. The van der Waals surface area contributed by atoms with E-state index < -0.39 is 5.60 Å². The highest BCUT2D eigenvalue weighted by atomic mass is 16.5. The molecule has 6 heteroatoms. The van der Waals surface area contributed by atoms with Gasteiger partial charge in [0, 0.05) is 25.5 Å². The fourth-order valence-electron chi connectivity index (χ4n) is 2.21.